The topological polar surface area (TPSA) is 71.8 Å². The molecule has 1 saturated heterocycles. The van der Waals surface area contributed by atoms with Crippen molar-refractivity contribution >= 4 is 23.1 Å². The van der Waals surface area contributed by atoms with Gasteiger partial charge in [-0.2, -0.15) is 5.10 Å². The number of aromatic nitrogens is 5. The minimum Gasteiger partial charge on any atom is -0.383 e. The van der Waals surface area contributed by atoms with Crippen molar-refractivity contribution < 1.29 is 0 Å². The summed E-state index contributed by atoms with van der Waals surface area (Å²) in [5.41, 5.74) is 0.794. The first kappa shape index (κ1) is 16.0. The van der Waals surface area contributed by atoms with Crippen LogP contribution in [0.3, 0.4) is 0 Å². The number of halogens is 1. The SMILES string of the molecule is CNc1c(Cl)ncnc1N1CCCC(Cn2nc(C)nc2C)C1. The third-order valence-corrected chi connectivity index (χ3v) is 4.53. The second kappa shape index (κ2) is 6.70. The molecular formula is C15H22ClN7. The van der Waals surface area contributed by atoms with E-state index in [1.807, 2.05) is 25.6 Å². The molecule has 3 rings (SSSR count). The first-order valence-corrected chi connectivity index (χ1v) is 8.27. The standard InChI is InChI=1S/C15H22ClN7/c1-10-20-11(2)23(21-10)8-12-5-4-6-22(7-12)15-13(17-3)14(16)18-9-19-15/h9,12,17H,4-8H2,1-3H3. The van der Waals surface area contributed by atoms with Crippen molar-refractivity contribution in [2.45, 2.75) is 33.2 Å². The molecule has 3 heterocycles. The highest BCUT2D eigenvalue weighted by atomic mass is 35.5. The molecule has 0 radical (unpaired) electrons. The molecule has 0 spiro atoms. The monoisotopic (exact) mass is 335 g/mol. The molecule has 2 aromatic heterocycles. The first-order valence-electron chi connectivity index (χ1n) is 7.89. The minimum absolute atomic E-state index is 0.461. The van der Waals surface area contributed by atoms with E-state index in [0.717, 1.165) is 49.2 Å². The lowest BCUT2D eigenvalue weighted by Gasteiger charge is -2.34. The highest BCUT2D eigenvalue weighted by Crippen LogP contribution is 2.31. The molecule has 1 aliphatic rings. The quantitative estimate of drug-likeness (QED) is 0.864. The van der Waals surface area contributed by atoms with Crippen LogP contribution in [0.25, 0.3) is 0 Å². The Balaban J connectivity index is 1.76. The average molecular weight is 336 g/mol. The van der Waals surface area contributed by atoms with E-state index in [9.17, 15) is 0 Å². The van der Waals surface area contributed by atoms with Crippen molar-refractivity contribution in [2.75, 3.05) is 30.4 Å². The van der Waals surface area contributed by atoms with Crippen molar-refractivity contribution in [3.05, 3.63) is 23.1 Å². The highest BCUT2D eigenvalue weighted by Gasteiger charge is 2.24. The van der Waals surface area contributed by atoms with Crippen molar-refractivity contribution in [1.82, 2.24) is 24.7 Å². The number of anilines is 2. The molecule has 23 heavy (non-hydrogen) atoms. The Kier molecular flexibility index (Phi) is 4.66. The van der Waals surface area contributed by atoms with Crippen LogP contribution in [0.4, 0.5) is 11.5 Å². The van der Waals surface area contributed by atoms with Crippen LogP contribution in [0.2, 0.25) is 5.15 Å². The van der Waals surface area contributed by atoms with Gasteiger partial charge in [0, 0.05) is 26.7 Å². The van der Waals surface area contributed by atoms with E-state index in [1.54, 1.807) is 0 Å². The van der Waals surface area contributed by atoms with E-state index < -0.39 is 0 Å². The Morgan fingerprint density at radius 3 is 2.87 bits per heavy atom. The maximum atomic E-state index is 6.18. The lowest BCUT2D eigenvalue weighted by atomic mass is 9.98. The van der Waals surface area contributed by atoms with Crippen molar-refractivity contribution in [1.29, 1.82) is 0 Å². The summed E-state index contributed by atoms with van der Waals surface area (Å²) in [5.74, 6) is 3.20. The normalized spacial score (nSPS) is 18.3. The molecule has 7 nitrogen and oxygen atoms in total. The van der Waals surface area contributed by atoms with Gasteiger partial charge in [0.15, 0.2) is 11.0 Å². The summed E-state index contributed by atoms with van der Waals surface area (Å²) < 4.78 is 2.01. The maximum absolute atomic E-state index is 6.18. The van der Waals surface area contributed by atoms with Crippen LogP contribution in [0.1, 0.15) is 24.5 Å². The van der Waals surface area contributed by atoms with Gasteiger partial charge in [-0.25, -0.2) is 19.6 Å². The van der Waals surface area contributed by atoms with Gasteiger partial charge in [-0.05, 0) is 32.6 Å². The molecule has 1 N–H and O–H groups in total. The molecule has 1 aliphatic heterocycles. The number of piperidine rings is 1. The summed E-state index contributed by atoms with van der Waals surface area (Å²) in [6.07, 6.45) is 3.83. The molecule has 2 aromatic rings. The molecule has 0 amide bonds. The second-order valence-electron chi connectivity index (χ2n) is 5.96. The van der Waals surface area contributed by atoms with Gasteiger partial charge in [-0.15, -0.1) is 0 Å². The Hall–Kier alpha value is -1.89. The number of hydrogen-bond acceptors (Lipinski definition) is 6. The van der Waals surface area contributed by atoms with Crippen LogP contribution in [0.15, 0.2) is 6.33 Å². The summed E-state index contributed by atoms with van der Waals surface area (Å²) in [6.45, 7) is 6.73. The highest BCUT2D eigenvalue weighted by molar-refractivity contribution is 6.32. The van der Waals surface area contributed by atoms with Crippen LogP contribution in [-0.2, 0) is 6.54 Å². The predicted octanol–water partition coefficient (Wildman–Crippen LogP) is 2.30. The van der Waals surface area contributed by atoms with Crippen LogP contribution >= 0.6 is 11.6 Å². The van der Waals surface area contributed by atoms with Crippen LogP contribution in [0.5, 0.6) is 0 Å². The van der Waals surface area contributed by atoms with Crippen molar-refractivity contribution in [3.63, 3.8) is 0 Å². The molecule has 0 saturated carbocycles. The van der Waals surface area contributed by atoms with E-state index in [0.29, 0.717) is 11.1 Å². The Morgan fingerprint density at radius 2 is 2.17 bits per heavy atom. The number of hydrogen-bond donors (Lipinski definition) is 1. The lowest BCUT2D eigenvalue weighted by molar-refractivity contribution is 0.346. The van der Waals surface area contributed by atoms with E-state index in [1.165, 1.54) is 12.7 Å². The van der Waals surface area contributed by atoms with Gasteiger partial charge >= 0.3 is 0 Å². The fourth-order valence-electron chi connectivity index (χ4n) is 3.20. The number of nitrogens with one attached hydrogen (secondary N) is 1. The zero-order valence-corrected chi connectivity index (χ0v) is 14.5. The van der Waals surface area contributed by atoms with Gasteiger partial charge in [-0.1, -0.05) is 11.6 Å². The second-order valence-corrected chi connectivity index (χ2v) is 6.31. The maximum Gasteiger partial charge on any atom is 0.157 e. The Bertz CT molecular complexity index is 684. The van der Waals surface area contributed by atoms with Gasteiger partial charge in [0.05, 0.1) is 0 Å². The number of aryl methyl sites for hydroxylation is 2. The molecule has 1 fully saturated rings. The molecule has 124 valence electrons. The fourth-order valence-corrected chi connectivity index (χ4v) is 3.42. The van der Waals surface area contributed by atoms with E-state index in [-0.39, 0.29) is 0 Å². The van der Waals surface area contributed by atoms with Gasteiger partial charge in [0.2, 0.25) is 0 Å². The summed E-state index contributed by atoms with van der Waals surface area (Å²) in [7, 11) is 1.84. The average Bonchev–Trinajstić information content (AvgIpc) is 2.85. The van der Waals surface area contributed by atoms with E-state index in [2.05, 4.69) is 30.3 Å². The molecule has 0 bridgehead atoms. The summed E-state index contributed by atoms with van der Waals surface area (Å²) >= 11 is 6.18. The zero-order valence-electron chi connectivity index (χ0n) is 13.8. The molecule has 8 heteroatoms. The number of nitrogens with zero attached hydrogens (tertiary/aromatic N) is 6. The first-order chi connectivity index (χ1) is 11.1. The minimum atomic E-state index is 0.461. The molecule has 1 unspecified atom stereocenters. The Labute approximate surface area is 141 Å². The van der Waals surface area contributed by atoms with Gasteiger partial charge in [0.25, 0.3) is 0 Å². The van der Waals surface area contributed by atoms with E-state index >= 15 is 0 Å². The molecule has 1 atom stereocenters. The van der Waals surface area contributed by atoms with Crippen molar-refractivity contribution in [3.8, 4) is 0 Å². The largest absolute Gasteiger partial charge is 0.383 e. The third kappa shape index (κ3) is 3.39. The smallest absolute Gasteiger partial charge is 0.157 e. The van der Waals surface area contributed by atoms with Crippen LogP contribution in [0, 0.1) is 19.8 Å². The predicted molar refractivity (Wildman–Crippen MR) is 91.0 cm³/mol. The summed E-state index contributed by atoms with van der Waals surface area (Å²) in [4.78, 5) is 15.1. The molecular weight excluding hydrogens is 314 g/mol. The van der Waals surface area contributed by atoms with Gasteiger partial charge < -0.3 is 10.2 Å². The van der Waals surface area contributed by atoms with E-state index in [4.69, 9.17) is 11.6 Å². The number of rotatable bonds is 4. The zero-order chi connectivity index (χ0) is 16.4. The Morgan fingerprint density at radius 1 is 1.35 bits per heavy atom. The summed E-state index contributed by atoms with van der Waals surface area (Å²) in [5, 5.41) is 8.05. The van der Waals surface area contributed by atoms with Crippen LogP contribution < -0.4 is 10.2 Å². The summed E-state index contributed by atoms with van der Waals surface area (Å²) in [6, 6.07) is 0. The van der Waals surface area contributed by atoms with Gasteiger partial charge in [-0.3, -0.25) is 0 Å². The van der Waals surface area contributed by atoms with Crippen LogP contribution in [-0.4, -0.2) is 44.9 Å². The van der Waals surface area contributed by atoms with Crippen molar-refractivity contribution in [2.24, 2.45) is 5.92 Å². The lowest BCUT2D eigenvalue weighted by Crippen LogP contribution is -2.38. The molecule has 0 aromatic carbocycles. The third-order valence-electron chi connectivity index (χ3n) is 4.24. The fraction of sp³-hybridized carbons (Fsp3) is 0.600. The molecule has 0 aliphatic carbocycles. The van der Waals surface area contributed by atoms with Gasteiger partial charge in [0.1, 0.15) is 23.7 Å².